The molecule has 1 aliphatic rings. The number of carbonyl (C=O) groups is 1. The Morgan fingerprint density at radius 2 is 2.04 bits per heavy atom. The summed E-state index contributed by atoms with van der Waals surface area (Å²) in [5.41, 5.74) is 2.32. The summed E-state index contributed by atoms with van der Waals surface area (Å²) in [7, 11) is 0. The van der Waals surface area contributed by atoms with Crippen molar-refractivity contribution < 1.29 is 14.3 Å². The van der Waals surface area contributed by atoms with Gasteiger partial charge in [0, 0.05) is 25.0 Å². The Balaban J connectivity index is 1.61. The molecule has 1 aromatic heterocycles. The first-order valence-electron chi connectivity index (χ1n) is 7.98. The van der Waals surface area contributed by atoms with Crippen molar-refractivity contribution in [3.05, 3.63) is 47.8 Å². The van der Waals surface area contributed by atoms with Crippen molar-refractivity contribution in [1.29, 1.82) is 0 Å². The van der Waals surface area contributed by atoms with E-state index in [1.807, 2.05) is 24.3 Å². The average Bonchev–Trinajstić information content (AvgIpc) is 3.05. The molecule has 24 heavy (non-hydrogen) atoms. The minimum Gasteiger partial charge on any atom is -0.454 e. The van der Waals surface area contributed by atoms with E-state index < -0.39 is 0 Å². The lowest BCUT2D eigenvalue weighted by Crippen LogP contribution is -2.28. The molecule has 0 spiro atoms. The van der Waals surface area contributed by atoms with Crippen LogP contribution in [0.25, 0.3) is 0 Å². The Morgan fingerprint density at radius 3 is 2.88 bits per heavy atom. The van der Waals surface area contributed by atoms with Gasteiger partial charge in [-0.1, -0.05) is 19.9 Å². The van der Waals surface area contributed by atoms with Crippen molar-refractivity contribution >= 4 is 11.6 Å². The fraction of sp³-hybridized carbons (Fsp3) is 0.333. The van der Waals surface area contributed by atoms with Gasteiger partial charge < -0.3 is 20.1 Å². The molecule has 2 N–H and O–H groups in total. The van der Waals surface area contributed by atoms with Gasteiger partial charge in [0.15, 0.2) is 11.5 Å². The molecular formula is C18H21N3O3. The standard InChI is InChI=1S/C18H21N3O3/c1-12(2)9-21-18(22)15-8-14(5-6-19-15)20-10-13-3-4-16-17(7-13)24-11-23-16/h3-8,12H,9-11H2,1-2H3,(H,19,20)(H,21,22). The highest BCUT2D eigenvalue weighted by Crippen LogP contribution is 2.32. The number of nitrogens with zero attached hydrogens (tertiary/aromatic N) is 1. The summed E-state index contributed by atoms with van der Waals surface area (Å²) in [5.74, 6) is 1.78. The van der Waals surface area contributed by atoms with E-state index in [0.717, 1.165) is 22.7 Å². The Hall–Kier alpha value is -2.76. The fourth-order valence-corrected chi connectivity index (χ4v) is 2.31. The molecule has 126 valence electrons. The number of hydrogen-bond acceptors (Lipinski definition) is 5. The molecule has 0 atom stereocenters. The summed E-state index contributed by atoms with van der Waals surface area (Å²) in [4.78, 5) is 16.2. The molecule has 0 bridgehead atoms. The highest BCUT2D eigenvalue weighted by atomic mass is 16.7. The summed E-state index contributed by atoms with van der Waals surface area (Å²) in [6, 6.07) is 9.43. The van der Waals surface area contributed by atoms with Crippen LogP contribution in [-0.4, -0.2) is 24.2 Å². The zero-order chi connectivity index (χ0) is 16.9. The molecule has 6 heteroatoms. The number of amides is 1. The third-order valence-electron chi connectivity index (χ3n) is 3.60. The topological polar surface area (TPSA) is 72.5 Å². The van der Waals surface area contributed by atoms with Gasteiger partial charge in [0.1, 0.15) is 5.69 Å². The third kappa shape index (κ3) is 3.95. The van der Waals surface area contributed by atoms with Gasteiger partial charge in [0.2, 0.25) is 6.79 Å². The van der Waals surface area contributed by atoms with Crippen LogP contribution in [-0.2, 0) is 6.54 Å². The molecule has 3 rings (SSSR count). The van der Waals surface area contributed by atoms with Gasteiger partial charge in [-0.15, -0.1) is 0 Å². The lowest BCUT2D eigenvalue weighted by Gasteiger charge is -2.10. The normalized spacial score (nSPS) is 12.3. The van der Waals surface area contributed by atoms with Crippen LogP contribution in [0.1, 0.15) is 29.9 Å². The summed E-state index contributed by atoms with van der Waals surface area (Å²) in [6.45, 7) is 5.63. The second-order valence-corrected chi connectivity index (χ2v) is 6.07. The van der Waals surface area contributed by atoms with Crippen LogP contribution in [0.2, 0.25) is 0 Å². The monoisotopic (exact) mass is 327 g/mol. The van der Waals surface area contributed by atoms with Gasteiger partial charge in [0.05, 0.1) is 0 Å². The zero-order valence-corrected chi connectivity index (χ0v) is 13.8. The summed E-state index contributed by atoms with van der Waals surface area (Å²) < 4.78 is 10.7. The number of benzene rings is 1. The second-order valence-electron chi connectivity index (χ2n) is 6.07. The number of ether oxygens (including phenoxy) is 2. The molecule has 2 aromatic rings. The van der Waals surface area contributed by atoms with E-state index in [2.05, 4.69) is 29.5 Å². The maximum absolute atomic E-state index is 12.1. The predicted molar refractivity (Wildman–Crippen MR) is 91.3 cm³/mol. The smallest absolute Gasteiger partial charge is 0.269 e. The lowest BCUT2D eigenvalue weighted by atomic mass is 10.2. The number of fused-ring (bicyclic) bond motifs is 1. The molecule has 0 saturated carbocycles. The molecule has 6 nitrogen and oxygen atoms in total. The number of carbonyl (C=O) groups excluding carboxylic acids is 1. The first-order valence-corrected chi connectivity index (χ1v) is 7.98. The molecule has 1 aliphatic heterocycles. The first-order chi connectivity index (χ1) is 11.6. The molecule has 0 unspecified atom stereocenters. The van der Waals surface area contributed by atoms with Crippen LogP contribution in [0.3, 0.4) is 0 Å². The Bertz CT molecular complexity index is 731. The summed E-state index contributed by atoms with van der Waals surface area (Å²) >= 11 is 0. The average molecular weight is 327 g/mol. The summed E-state index contributed by atoms with van der Waals surface area (Å²) in [6.07, 6.45) is 1.63. The van der Waals surface area contributed by atoms with Crippen molar-refractivity contribution in [2.24, 2.45) is 5.92 Å². The van der Waals surface area contributed by atoms with Gasteiger partial charge in [-0.05, 0) is 35.7 Å². The van der Waals surface area contributed by atoms with Gasteiger partial charge in [-0.3, -0.25) is 9.78 Å². The fourth-order valence-electron chi connectivity index (χ4n) is 2.31. The van der Waals surface area contributed by atoms with Crippen LogP contribution in [0.5, 0.6) is 11.5 Å². The van der Waals surface area contributed by atoms with E-state index in [1.54, 1.807) is 12.3 Å². The largest absolute Gasteiger partial charge is 0.454 e. The van der Waals surface area contributed by atoms with Gasteiger partial charge in [0.25, 0.3) is 5.91 Å². The van der Waals surface area contributed by atoms with Gasteiger partial charge in [-0.2, -0.15) is 0 Å². The zero-order valence-electron chi connectivity index (χ0n) is 13.8. The highest BCUT2D eigenvalue weighted by molar-refractivity contribution is 5.93. The summed E-state index contributed by atoms with van der Waals surface area (Å²) in [5, 5.41) is 6.16. The van der Waals surface area contributed by atoms with Crippen molar-refractivity contribution in [2.75, 3.05) is 18.7 Å². The number of anilines is 1. The Kier molecular flexibility index (Phi) is 4.84. The second kappa shape index (κ2) is 7.21. The van der Waals surface area contributed by atoms with Gasteiger partial charge >= 0.3 is 0 Å². The third-order valence-corrected chi connectivity index (χ3v) is 3.60. The van der Waals surface area contributed by atoms with Crippen molar-refractivity contribution in [3.8, 4) is 11.5 Å². The minimum absolute atomic E-state index is 0.157. The molecule has 2 heterocycles. The van der Waals surface area contributed by atoms with Crippen molar-refractivity contribution in [2.45, 2.75) is 20.4 Å². The number of aromatic nitrogens is 1. The molecule has 0 aliphatic carbocycles. The van der Waals surface area contributed by atoms with Gasteiger partial charge in [-0.25, -0.2) is 0 Å². The molecule has 1 amide bonds. The van der Waals surface area contributed by atoms with Crippen molar-refractivity contribution in [3.63, 3.8) is 0 Å². The van der Waals surface area contributed by atoms with E-state index in [1.165, 1.54) is 0 Å². The van der Waals surface area contributed by atoms with E-state index >= 15 is 0 Å². The Morgan fingerprint density at radius 1 is 1.21 bits per heavy atom. The predicted octanol–water partition coefficient (Wildman–Crippen LogP) is 2.81. The van der Waals surface area contributed by atoms with Crippen LogP contribution in [0, 0.1) is 5.92 Å². The minimum atomic E-state index is -0.157. The number of pyridine rings is 1. The maximum atomic E-state index is 12.1. The van der Waals surface area contributed by atoms with Crippen LogP contribution in [0.4, 0.5) is 5.69 Å². The van der Waals surface area contributed by atoms with Crippen LogP contribution < -0.4 is 20.1 Å². The Labute approximate surface area is 141 Å². The van der Waals surface area contributed by atoms with E-state index in [0.29, 0.717) is 24.7 Å². The van der Waals surface area contributed by atoms with Crippen LogP contribution >= 0.6 is 0 Å². The number of hydrogen-bond donors (Lipinski definition) is 2. The van der Waals surface area contributed by atoms with Crippen molar-refractivity contribution in [1.82, 2.24) is 10.3 Å². The molecular weight excluding hydrogens is 306 g/mol. The SMILES string of the molecule is CC(C)CNC(=O)c1cc(NCc2ccc3c(c2)OCO3)ccn1. The maximum Gasteiger partial charge on any atom is 0.269 e. The van der Waals surface area contributed by atoms with Crippen LogP contribution in [0.15, 0.2) is 36.5 Å². The number of rotatable bonds is 6. The lowest BCUT2D eigenvalue weighted by molar-refractivity contribution is 0.0944. The van der Waals surface area contributed by atoms with E-state index in [4.69, 9.17) is 9.47 Å². The molecule has 0 radical (unpaired) electrons. The molecule has 0 fully saturated rings. The van der Waals surface area contributed by atoms with E-state index in [9.17, 15) is 4.79 Å². The molecule has 0 saturated heterocycles. The quantitative estimate of drug-likeness (QED) is 0.853. The number of nitrogens with one attached hydrogen (secondary N) is 2. The van der Waals surface area contributed by atoms with E-state index in [-0.39, 0.29) is 12.7 Å². The molecule has 1 aromatic carbocycles. The first kappa shape index (κ1) is 16.1. The highest BCUT2D eigenvalue weighted by Gasteiger charge is 2.13.